The Morgan fingerprint density at radius 1 is 1.33 bits per heavy atom. The number of aromatic amines is 1. The number of anilines is 1. The van der Waals surface area contributed by atoms with Crippen LogP contribution in [-0.2, 0) is 16.1 Å². The molecule has 2 aromatic rings. The number of benzene rings is 1. The highest BCUT2D eigenvalue weighted by Gasteiger charge is 2.33. The molecule has 1 aliphatic heterocycles. The summed E-state index contributed by atoms with van der Waals surface area (Å²) in [6.45, 7) is 2.93. The van der Waals surface area contributed by atoms with Gasteiger partial charge in [-0.3, -0.25) is 14.7 Å². The van der Waals surface area contributed by atoms with E-state index in [0.717, 1.165) is 18.4 Å². The molecule has 0 bridgehead atoms. The molecule has 1 fully saturated rings. The Balaban J connectivity index is 0.00000261. The molecule has 27 heavy (non-hydrogen) atoms. The van der Waals surface area contributed by atoms with Crippen molar-refractivity contribution in [1.82, 2.24) is 20.1 Å². The number of rotatable bonds is 6. The molecule has 1 aromatic carbocycles. The van der Waals surface area contributed by atoms with E-state index < -0.39 is 0 Å². The van der Waals surface area contributed by atoms with E-state index in [1.54, 1.807) is 17.0 Å². The molecule has 0 saturated carbocycles. The standard InChI is InChI=1S/C18H24N6O2.ClH/c1-2-4-16(25)24-10-3-5-14(24)18(26)20-13-8-6-12(7-9-13)17-21-15(11-19)22-23-17;/h6-9,14H,2-5,10-11,19H2,1H3,(H,20,26)(H,21,22,23);1H. The SMILES string of the molecule is CCCC(=O)N1CCCC1C(=O)Nc1ccc(-c2n[nH]c(CN)n2)cc1.Cl. The lowest BCUT2D eigenvalue weighted by Crippen LogP contribution is -2.43. The predicted molar refractivity (Wildman–Crippen MR) is 105 cm³/mol. The molecule has 0 spiro atoms. The van der Waals surface area contributed by atoms with Crippen molar-refractivity contribution >= 4 is 29.9 Å². The zero-order valence-corrected chi connectivity index (χ0v) is 16.1. The fourth-order valence-corrected chi connectivity index (χ4v) is 3.14. The maximum atomic E-state index is 12.6. The fraction of sp³-hybridized carbons (Fsp3) is 0.444. The van der Waals surface area contributed by atoms with E-state index in [9.17, 15) is 9.59 Å². The van der Waals surface area contributed by atoms with Gasteiger partial charge >= 0.3 is 0 Å². The second-order valence-corrected chi connectivity index (χ2v) is 6.37. The largest absolute Gasteiger partial charge is 0.331 e. The van der Waals surface area contributed by atoms with Crippen LogP contribution in [0.5, 0.6) is 0 Å². The van der Waals surface area contributed by atoms with Gasteiger partial charge < -0.3 is 16.0 Å². The third kappa shape index (κ3) is 4.84. The smallest absolute Gasteiger partial charge is 0.247 e. The van der Waals surface area contributed by atoms with Crippen LogP contribution in [0.2, 0.25) is 0 Å². The van der Waals surface area contributed by atoms with Crippen molar-refractivity contribution in [2.75, 3.05) is 11.9 Å². The first kappa shape index (κ1) is 20.9. The number of H-pyrrole nitrogens is 1. The van der Waals surface area contributed by atoms with E-state index in [-0.39, 0.29) is 30.3 Å². The maximum Gasteiger partial charge on any atom is 0.247 e. The van der Waals surface area contributed by atoms with Gasteiger partial charge in [-0.1, -0.05) is 6.92 Å². The van der Waals surface area contributed by atoms with E-state index in [2.05, 4.69) is 20.5 Å². The summed E-state index contributed by atoms with van der Waals surface area (Å²) < 4.78 is 0. The van der Waals surface area contributed by atoms with Crippen LogP contribution in [0.15, 0.2) is 24.3 Å². The van der Waals surface area contributed by atoms with E-state index in [0.29, 0.717) is 43.3 Å². The Morgan fingerprint density at radius 3 is 2.70 bits per heavy atom. The number of nitrogens with one attached hydrogen (secondary N) is 2. The Labute approximate surface area is 164 Å². The number of carbonyl (C=O) groups is 2. The molecule has 1 saturated heterocycles. The third-order valence-corrected chi connectivity index (χ3v) is 4.48. The van der Waals surface area contributed by atoms with Crippen molar-refractivity contribution in [2.24, 2.45) is 5.73 Å². The van der Waals surface area contributed by atoms with Gasteiger partial charge in [0.05, 0.1) is 6.54 Å². The zero-order chi connectivity index (χ0) is 18.5. The topological polar surface area (TPSA) is 117 Å². The van der Waals surface area contributed by atoms with Crippen molar-refractivity contribution in [3.8, 4) is 11.4 Å². The summed E-state index contributed by atoms with van der Waals surface area (Å²) >= 11 is 0. The molecule has 2 amide bonds. The molecule has 4 N–H and O–H groups in total. The number of hydrogen-bond donors (Lipinski definition) is 3. The molecule has 3 rings (SSSR count). The van der Waals surface area contributed by atoms with E-state index in [1.165, 1.54) is 0 Å². The summed E-state index contributed by atoms with van der Waals surface area (Å²) in [5.74, 6) is 1.11. The molecule has 0 aliphatic carbocycles. The zero-order valence-electron chi connectivity index (χ0n) is 15.3. The lowest BCUT2D eigenvalue weighted by molar-refractivity contribution is -0.136. The second-order valence-electron chi connectivity index (χ2n) is 6.37. The minimum atomic E-state index is -0.381. The molecule has 1 unspecified atom stereocenters. The van der Waals surface area contributed by atoms with E-state index in [1.807, 2.05) is 19.1 Å². The van der Waals surface area contributed by atoms with Crippen LogP contribution in [0.25, 0.3) is 11.4 Å². The molecular weight excluding hydrogens is 368 g/mol. The Kier molecular flexibility index (Phi) is 7.32. The van der Waals surface area contributed by atoms with Crippen LogP contribution in [0.1, 0.15) is 38.4 Å². The monoisotopic (exact) mass is 392 g/mol. The fourth-order valence-electron chi connectivity index (χ4n) is 3.14. The molecule has 146 valence electrons. The molecule has 9 heteroatoms. The van der Waals surface area contributed by atoms with Crippen LogP contribution in [-0.4, -0.2) is 44.5 Å². The Morgan fingerprint density at radius 2 is 2.07 bits per heavy atom. The second kappa shape index (κ2) is 9.48. The molecule has 2 heterocycles. The molecule has 0 radical (unpaired) electrons. The van der Waals surface area contributed by atoms with Gasteiger partial charge in [0.15, 0.2) is 5.82 Å². The Bertz CT molecular complexity index is 776. The number of likely N-dealkylation sites (tertiary alicyclic amines) is 1. The lowest BCUT2D eigenvalue weighted by atomic mass is 10.1. The molecule has 1 atom stereocenters. The van der Waals surface area contributed by atoms with Crippen LogP contribution in [0, 0.1) is 0 Å². The van der Waals surface area contributed by atoms with Gasteiger partial charge in [-0.15, -0.1) is 12.4 Å². The van der Waals surface area contributed by atoms with Gasteiger partial charge in [-0.05, 0) is 43.5 Å². The highest BCUT2D eigenvalue weighted by molar-refractivity contribution is 5.97. The number of carbonyl (C=O) groups excluding carboxylic acids is 2. The highest BCUT2D eigenvalue weighted by Crippen LogP contribution is 2.22. The summed E-state index contributed by atoms with van der Waals surface area (Å²) in [7, 11) is 0. The Hall–Kier alpha value is -2.45. The molecule has 1 aromatic heterocycles. The van der Waals surface area contributed by atoms with Gasteiger partial charge in [0.25, 0.3) is 0 Å². The van der Waals surface area contributed by atoms with Crippen LogP contribution >= 0.6 is 12.4 Å². The molecular formula is C18H25ClN6O2. The average molecular weight is 393 g/mol. The summed E-state index contributed by atoms with van der Waals surface area (Å²) in [5.41, 5.74) is 7.04. The normalized spacial score (nSPS) is 16.1. The molecule has 8 nitrogen and oxygen atoms in total. The van der Waals surface area contributed by atoms with Crippen molar-refractivity contribution in [3.05, 3.63) is 30.1 Å². The average Bonchev–Trinajstić information content (AvgIpc) is 3.32. The predicted octanol–water partition coefficient (Wildman–Crippen LogP) is 2.08. The number of halogens is 1. The number of hydrogen-bond acceptors (Lipinski definition) is 5. The van der Waals surface area contributed by atoms with Crippen molar-refractivity contribution in [1.29, 1.82) is 0 Å². The summed E-state index contributed by atoms with van der Waals surface area (Å²) in [6.07, 6.45) is 2.84. The van der Waals surface area contributed by atoms with Crippen LogP contribution < -0.4 is 11.1 Å². The van der Waals surface area contributed by atoms with Gasteiger partial charge in [-0.2, -0.15) is 5.10 Å². The van der Waals surface area contributed by atoms with E-state index in [4.69, 9.17) is 5.73 Å². The van der Waals surface area contributed by atoms with Crippen LogP contribution in [0.3, 0.4) is 0 Å². The van der Waals surface area contributed by atoms with E-state index >= 15 is 0 Å². The first-order valence-corrected chi connectivity index (χ1v) is 8.94. The summed E-state index contributed by atoms with van der Waals surface area (Å²) in [5, 5.41) is 9.78. The first-order valence-electron chi connectivity index (χ1n) is 8.94. The van der Waals surface area contributed by atoms with Crippen molar-refractivity contribution in [2.45, 2.75) is 45.2 Å². The lowest BCUT2D eigenvalue weighted by Gasteiger charge is -2.23. The minimum absolute atomic E-state index is 0. The first-order chi connectivity index (χ1) is 12.6. The number of nitrogens with two attached hydrogens (primary N) is 1. The quantitative estimate of drug-likeness (QED) is 0.695. The molecule has 1 aliphatic rings. The van der Waals surface area contributed by atoms with Gasteiger partial charge in [0.2, 0.25) is 11.8 Å². The van der Waals surface area contributed by atoms with Crippen molar-refractivity contribution in [3.63, 3.8) is 0 Å². The summed E-state index contributed by atoms with van der Waals surface area (Å²) in [6, 6.07) is 6.91. The van der Waals surface area contributed by atoms with Crippen LogP contribution in [0.4, 0.5) is 5.69 Å². The highest BCUT2D eigenvalue weighted by atomic mass is 35.5. The number of amides is 2. The van der Waals surface area contributed by atoms with Gasteiger partial charge in [0.1, 0.15) is 11.9 Å². The minimum Gasteiger partial charge on any atom is -0.331 e. The maximum absolute atomic E-state index is 12.6. The van der Waals surface area contributed by atoms with Crippen molar-refractivity contribution < 1.29 is 9.59 Å². The third-order valence-electron chi connectivity index (χ3n) is 4.48. The number of nitrogens with zero attached hydrogens (tertiary/aromatic N) is 3. The number of aromatic nitrogens is 3. The summed E-state index contributed by atoms with van der Waals surface area (Å²) in [4.78, 5) is 30.7. The van der Waals surface area contributed by atoms with Gasteiger partial charge in [0, 0.05) is 24.2 Å². The van der Waals surface area contributed by atoms with Gasteiger partial charge in [-0.25, -0.2) is 4.98 Å².